The maximum absolute atomic E-state index is 13.8. The second kappa shape index (κ2) is 51.2. The highest BCUT2D eigenvalue weighted by Crippen LogP contribution is 2.40. The van der Waals surface area contributed by atoms with Crippen LogP contribution in [0.3, 0.4) is 0 Å². The summed E-state index contributed by atoms with van der Waals surface area (Å²) in [6.07, 6.45) is 25.9. The van der Waals surface area contributed by atoms with Gasteiger partial charge in [0.05, 0.1) is 56.9 Å². The molecule has 4 N–H and O–H groups in total. The minimum absolute atomic E-state index is 0.0215. The number of nitrogens with zero attached hydrogens (tertiary/aromatic N) is 4. The minimum atomic E-state index is -0.906. The molecular formula is C116H116N4O19. The van der Waals surface area contributed by atoms with E-state index in [4.69, 9.17) is 58.1 Å². The molecule has 4 fully saturated rings. The third-order valence-corrected chi connectivity index (χ3v) is 23.1. The zero-order valence-electron chi connectivity index (χ0n) is 81.2. The molecule has 714 valence electrons. The molecule has 17 rings (SSSR count). The smallest absolute Gasteiger partial charge is 0.307 e. The predicted molar refractivity (Wildman–Crippen MR) is 533 cm³/mol. The Balaban J connectivity index is 0.000000152. The van der Waals surface area contributed by atoms with Crippen molar-refractivity contribution in [1.29, 1.82) is 0 Å². The van der Waals surface area contributed by atoms with Gasteiger partial charge < -0.3 is 72.2 Å². The fourth-order valence-corrected chi connectivity index (χ4v) is 15.2. The molecule has 3 aromatic heterocycles. The molecule has 23 nitrogen and oxygen atoms in total. The maximum atomic E-state index is 13.8. The van der Waals surface area contributed by atoms with Crippen molar-refractivity contribution in [2.75, 3.05) is 26.4 Å². The van der Waals surface area contributed by atoms with Gasteiger partial charge >= 0.3 is 23.9 Å². The van der Waals surface area contributed by atoms with Gasteiger partial charge in [-0.25, -0.2) is 0 Å². The van der Waals surface area contributed by atoms with E-state index >= 15 is 0 Å². The summed E-state index contributed by atoms with van der Waals surface area (Å²) in [7, 11) is 0. The van der Waals surface area contributed by atoms with E-state index in [-0.39, 0.29) is 80.1 Å². The van der Waals surface area contributed by atoms with E-state index in [0.29, 0.717) is 113 Å². The van der Waals surface area contributed by atoms with Gasteiger partial charge in [0.25, 0.3) is 23.6 Å². The van der Waals surface area contributed by atoms with Crippen LogP contribution in [0.15, 0.2) is 354 Å². The van der Waals surface area contributed by atoms with Crippen LogP contribution >= 0.6 is 0 Å². The molecule has 0 aliphatic heterocycles. The van der Waals surface area contributed by atoms with Crippen LogP contribution in [0.2, 0.25) is 0 Å². The Bertz CT molecular complexity index is 6240. The summed E-state index contributed by atoms with van der Waals surface area (Å²) >= 11 is 0. The Kier molecular flexibility index (Phi) is 34.5. The Morgan fingerprint density at radius 3 is 0.914 bits per heavy atom. The number of unbranched alkanes of at least 4 members (excludes halogenated alkanes) is 2. The quantitative estimate of drug-likeness (QED) is 0.0203. The number of carboxylic acid groups (broad SMARTS) is 4. The molecule has 4 saturated carbocycles. The van der Waals surface area contributed by atoms with Gasteiger partial charge in [-0.2, -0.15) is 0 Å². The summed E-state index contributed by atoms with van der Waals surface area (Å²) in [5.41, 5.74) is 11.8. The van der Waals surface area contributed by atoms with Gasteiger partial charge in [-0.3, -0.25) is 38.4 Å². The normalized spacial score (nSPS) is 14.4. The topological polar surface area (TPSA) is 307 Å². The molecule has 4 amide bonds. The highest BCUT2D eigenvalue weighted by atomic mass is 16.5. The largest absolute Gasteiger partial charge is 0.493 e. The Morgan fingerprint density at radius 2 is 0.590 bits per heavy atom. The molecule has 10 aromatic carbocycles. The van der Waals surface area contributed by atoms with Gasteiger partial charge in [0.1, 0.15) is 46.9 Å². The van der Waals surface area contributed by atoms with Crippen LogP contribution < -0.4 is 18.9 Å². The number of allylic oxidation sites excluding steroid dienone is 1. The monoisotopic (exact) mass is 1870 g/mol. The number of furan rings is 3. The van der Waals surface area contributed by atoms with E-state index in [1.807, 2.05) is 206 Å². The number of rotatable bonds is 46. The van der Waals surface area contributed by atoms with Crippen molar-refractivity contribution in [1.82, 2.24) is 19.6 Å². The predicted octanol–water partition coefficient (Wildman–Crippen LogP) is 24.5. The van der Waals surface area contributed by atoms with E-state index in [0.717, 1.165) is 120 Å². The number of amides is 4. The third kappa shape index (κ3) is 30.6. The number of carboxylic acids is 4. The van der Waals surface area contributed by atoms with Gasteiger partial charge in [0.15, 0.2) is 0 Å². The number of para-hydroxylation sites is 4. The van der Waals surface area contributed by atoms with Gasteiger partial charge in [0, 0.05) is 124 Å². The first kappa shape index (κ1) is 93.6. The van der Waals surface area contributed by atoms with Gasteiger partial charge in [0.2, 0.25) is 0 Å². The van der Waals surface area contributed by atoms with Crippen molar-refractivity contribution in [2.45, 2.75) is 166 Å². The zero-order valence-corrected chi connectivity index (χ0v) is 77.2. The molecule has 4 atom stereocenters. The van der Waals surface area contributed by atoms with Crippen LogP contribution in [-0.4, -0.2) is 138 Å². The molecule has 4 aliphatic rings. The van der Waals surface area contributed by atoms with Crippen molar-refractivity contribution >= 4 is 47.5 Å². The van der Waals surface area contributed by atoms with Crippen LogP contribution in [0.1, 0.15) is 185 Å². The molecule has 139 heavy (non-hydrogen) atoms. The number of ether oxygens (including phenoxy) is 4. The lowest BCUT2D eigenvalue weighted by molar-refractivity contribution is -0.138. The number of aliphatic carboxylic acids is 4. The Labute approximate surface area is 815 Å². The van der Waals surface area contributed by atoms with Gasteiger partial charge in [-0.1, -0.05) is 212 Å². The lowest BCUT2D eigenvalue weighted by Crippen LogP contribution is -2.32. The van der Waals surface area contributed by atoms with E-state index < -0.39 is 50.0 Å². The molecule has 13 aromatic rings. The van der Waals surface area contributed by atoms with Crippen LogP contribution in [-0.2, 0) is 45.3 Å². The van der Waals surface area contributed by atoms with Crippen LogP contribution in [0, 0.1) is 0 Å². The lowest BCUT2D eigenvalue weighted by atomic mass is 9.94. The number of hydrogen-bond acceptors (Lipinski definition) is 15. The van der Waals surface area contributed by atoms with E-state index in [2.05, 4.69) is 24.3 Å². The van der Waals surface area contributed by atoms with Crippen molar-refractivity contribution in [3.8, 4) is 79.2 Å². The van der Waals surface area contributed by atoms with Gasteiger partial charge in [-0.05, 0) is 221 Å². The average Bonchev–Trinajstić information content (AvgIpc) is 1.70. The molecule has 0 radical (unpaired) electrons. The van der Waals surface area contributed by atoms with Crippen molar-refractivity contribution in [2.24, 2.45) is 0 Å². The fraction of sp³-hybridized carbons (Fsp3) is 0.259. The Morgan fingerprint density at radius 1 is 0.288 bits per heavy atom. The van der Waals surface area contributed by atoms with E-state index in [1.165, 1.54) is 0 Å². The number of carbonyl (C=O) groups is 8. The summed E-state index contributed by atoms with van der Waals surface area (Å²) in [4.78, 5) is 103. The molecule has 23 heteroatoms. The first-order chi connectivity index (χ1) is 69.7. The zero-order chi connectivity index (χ0) is 100. The highest BCUT2D eigenvalue weighted by molar-refractivity contribution is 5.98. The molecular weight excluding hydrogens is 1750 g/mol. The summed E-state index contributed by atoms with van der Waals surface area (Å²) in [6, 6.07) is 88.4. The molecule has 3 heterocycles. The molecule has 0 spiro atoms. The first-order valence-corrected chi connectivity index (χ1v) is 47.0. The average molecular weight is 1870 g/mol. The van der Waals surface area contributed by atoms with Crippen molar-refractivity contribution < 1.29 is 96.5 Å². The second-order valence-electron chi connectivity index (χ2n) is 33.8. The summed E-state index contributed by atoms with van der Waals surface area (Å²) < 4.78 is 75.8. The summed E-state index contributed by atoms with van der Waals surface area (Å²) in [6.45, 7) is -2.20. The van der Waals surface area contributed by atoms with E-state index in [1.54, 1.807) is 129 Å². The maximum Gasteiger partial charge on any atom is 0.307 e. The minimum Gasteiger partial charge on any atom is -0.493 e. The van der Waals surface area contributed by atoms with E-state index in [9.17, 15) is 38.4 Å². The molecule has 0 saturated heterocycles. The second-order valence-corrected chi connectivity index (χ2v) is 33.8. The fourth-order valence-electron chi connectivity index (χ4n) is 15.2. The lowest BCUT2D eigenvalue weighted by Gasteiger charge is -2.24. The SMILES string of the molecule is [2H]C(c1ccccc1OC/C=C\CCC(=O)O)N(C(=O)c1ccc(-c2ccco2)cc1)C1CC1.[2H]C(c1ccccc1OCC/C=C/CC(=O)O)N(C(=O)c1ccc(-c2ccco2)cc1)C1CC1.[2H]C(c1ccccc1OCC/C=C\CC(=O)O)N(C(=O)c1ccc(-c2ccco2)cc1)C1CC1.[2H]C(c1ccccc1OCCCCCC(=O)O)N(C(=O)c1ccc(-c2ccccc2-c2ccccc2)cc1)C1CC1. The number of hydrogen-bond donors (Lipinski definition) is 4. The highest BCUT2D eigenvalue weighted by Gasteiger charge is 2.38. The first-order valence-electron chi connectivity index (χ1n) is 49.3. The standard InChI is InChI=1S/C35H35NO4.3C27H27NO5/c37-34(38)17-5-2-10-24-40-33-16-9-6-13-29(33)25-36(30-22-23-30)35(39)28-20-18-27(19-21-28)32-15-8-7-14-31(32)26-11-3-1-4-12-26;3*29-26(30)10-2-1-5-17-32-25-8-4-3-7-22(25)19-28(23-15-16-23)27(31)21-13-11-20(12-14-21)24-9-6-18-33-24/h1,3-4,6-9,11-16,18-21,30H,2,5,10,17,22-25H2,(H,37,38);1,3-9,11-14,18,23H,2,10,15-17,19H2,(H,29,30);2*1-4,6-9,11-14,18,23H,5,10,15-17,19H2,(H,29,30)/b;5-1-;2-1+;2-1-/i25D;3*19D. The van der Waals surface area contributed by atoms with Crippen LogP contribution in [0.4, 0.5) is 0 Å². The van der Waals surface area contributed by atoms with Crippen LogP contribution in [0.25, 0.3) is 56.2 Å². The molecule has 4 unspecified atom stereocenters. The number of carbonyl (C=O) groups excluding carboxylic acids is 4. The third-order valence-electron chi connectivity index (χ3n) is 23.1. The van der Waals surface area contributed by atoms with Crippen LogP contribution in [0.5, 0.6) is 23.0 Å². The summed E-state index contributed by atoms with van der Waals surface area (Å²) in [5, 5.41) is 34.9. The Hall–Kier alpha value is -15.8. The molecule has 4 aliphatic carbocycles. The summed E-state index contributed by atoms with van der Waals surface area (Å²) in [5.74, 6) is 0.379. The van der Waals surface area contributed by atoms with Crippen molar-refractivity contribution in [3.63, 3.8) is 0 Å². The van der Waals surface area contributed by atoms with Gasteiger partial charge in [-0.15, -0.1) is 0 Å². The number of benzene rings is 10. The van der Waals surface area contributed by atoms with Crippen molar-refractivity contribution in [3.05, 3.63) is 385 Å². The molecule has 0 bridgehead atoms.